The molecule has 2 aromatic carbocycles. The van der Waals surface area contributed by atoms with Gasteiger partial charge in [0.05, 0.1) is 12.7 Å². The lowest BCUT2D eigenvalue weighted by atomic mass is 10.0. The van der Waals surface area contributed by atoms with Crippen molar-refractivity contribution in [3.8, 4) is 5.75 Å². The van der Waals surface area contributed by atoms with Crippen molar-refractivity contribution >= 4 is 39.0 Å². The van der Waals surface area contributed by atoms with Crippen molar-refractivity contribution in [2.45, 2.75) is 19.9 Å². The number of carbonyl (C=O) groups excluding carboxylic acids is 2. The van der Waals surface area contributed by atoms with E-state index in [1.54, 1.807) is 19.2 Å². The maximum Gasteiger partial charge on any atom is 0.278 e. The van der Waals surface area contributed by atoms with Crippen LogP contribution in [-0.2, 0) is 9.59 Å². The van der Waals surface area contributed by atoms with Crippen LogP contribution in [0, 0.1) is 0 Å². The van der Waals surface area contributed by atoms with Gasteiger partial charge in [-0.25, -0.2) is 0 Å². The Labute approximate surface area is 160 Å². The number of carbonyl (C=O) groups is 2. The molecule has 0 fully saturated rings. The van der Waals surface area contributed by atoms with Gasteiger partial charge in [0.2, 0.25) is 0 Å². The molecule has 0 aliphatic carbocycles. The van der Waals surface area contributed by atoms with Crippen molar-refractivity contribution in [3.63, 3.8) is 0 Å². The molecule has 134 valence electrons. The molecule has 0 spiro atoms. The molecule has 0 atom stereocenters. The van der Waals surface area contributed by atoms with Crippen molar-refractivity contribution in [1.29, 1.82) is 0 Å². The molecule has 6 heteroatoms. The van der Waals surface area contributed by atoms with Gasteiger partial charge in [0, 0.05) is 21.8 Å². The fourth-order valence-electron chi connectivity index (χ4n) is 2.94. The van der Waals surface area contributed by atoms with Gasteiger partial charge in [0.25, 0.3) is 11.8 Å². The first-order valence-corrected chi connectivity index (χ1v) is 9.01. The smallest absolute Gasteiger partial charge is 0.278 e. The van der Waals surface area contributed by atoms with Crippen molar-refractivity contribution < 1.29 is 14.3 Å². The number of halogens is 1. The lowest BCUT2D eigenvalue weighted by Crippen LogP contribution is -2.38. The van der Waals surface area contributed by atoms with E-state index in [9.17, 15) is 9.59 Å². The highest BCUT2D eigenvalue weighted by Crippen LogP contribution is 2.36. The molecule has 0 saturated carbocycles. The predicted octanol–water partition coefficient (Wildman–Crippen LogP) is 4.06. The number of anilines is 1. The SMILES string of the molecule is COc1ccccc1C1=C(Nc2cccc(Br)c2)C(=O)N(C(C)C)C1=O. The summed E-state index contributed by atoms with van der Waals surface area (Å²) in [6.07, 6.45) is 0. The Kier molecular flexibility index (Phi) is 5.13. The Morgan fingerprint density at radius 3 is 2.42 bits per heavy atom. The van der Waals surface area contributed by atoms with E-state index in [-0.39, 0.29) is 23.6 Å². The summed E-state index contributed by atoms with van der Waals surface area (Å²) >= 11 is 3.42. The van der Waals surface area contributed by atoms with Crippen LogP contribution in [0.3, 0.4) is 0 Å². The molecule has 1 N–H and O–H groups in total. The van der Waals surface area contributed by atoms with E-state index in [1.807, 2.05) is 50.2 Å². The van der Waals surface area contributed by atoms with Gasteiger partial charge >= 0.3 is 0 Å². The molecule has 26 heavy (non-hydrogen) atoms. The molecule has 2 aromatic rings. The summed E-state index contributed by atoms with van der Waals surface area (Å²) in [7, 11) is 1.54. The van der Waals surface area contributed by atoms with Gasteiger partial charge in [-0.15, -0.1) is 0 Å². The highest BCUT2D eigenvalue weighted by atomic mass is 79.9. The number of methoxy groups -OCH3 is 1. The maximum atomic E-state index is 13.0. The van der Waals surface area contributed by atoms with Gasteiger partial charge in [-0.3, -0.25) is 14.5 Å². The standard InChI is InChI=1S/C20H19BrN2O3/c1-12(2)23-19(24)17(15-9-4-5-10-16(15)26-3)18(20(23)25)22-14-8-6-7-13(21)11-14/h4-12,22H,1-3H3. The van der Waals surface area contributed by atoms with Crippen LogP contribution in [0.2, 0.25) is 0 Å². The molecular formula is C20H19BrN2O3. The van der Waals surface area contributed by atoms with Crippen molar-refractivity contribution in [3.05, 3.63) is 64.3 Å². The third-order valence-electron chi connectivity index (χ3n) is 4.10. The van der Waals surface area contributed by atoms with Gasteiger partial charge in [0.1, 0.15) is 11.4 Å². The lowest BCUT2D eigenvalue weighted by molar-refractivity contribution is -0.138. The summed E-state index contributed by atoms with van der Waals surface area (Å²) in [6.45, 7) is 3.63. The van der Waals surface area contributed by atoms with Gasteiger partial charge in [0.15, 0.2) is 0 Å². The topological polar surface area (TPSA) is 58.6 Å². The molecule has 0 unspecified atom stereocenters. The molecule has 1 heterocycles. The number of nitrogens with zero attached hydrogens (tertiary/aromatic N) is 1. The average Bonchev–Trinajstić information content (AvgIpc) is 2.85. The summed E-state index contributed by atoms with van der Waals surface area (Å²) < 4.78 is 6.28. The number of rotatable bonds is 5. The molecule has 1 aliphatic rings. The van der Waals surface area contributed by atoms with E-state index in [0.717, 1.165) is 4.47 Å². The van der Waals surface area contributed by atoms with Gasteiger partial charge in [-0.2, -0.15) is 0 Å². The summed E-state index contributed by atoms with van der Waals surface area (Å²) in [5.41, 5.74) is 1.88. The molecule has 5 nitrogen and oxygen atoms in total. The highest BCUT2D eigenvalue weighted by molar-refractivity contribution is 9.10. The second-order valence-electron chi connectivity index (χ2n) is 6.16. The first-order chi connectivity index (χ1) is 12.4. The quantitative estimate of drug-likeness (QED) is 0.749. The number of para-hydroxylation sites is 1. The first-order valence-electron chi connectivity index (χ1n) is 8.22. The van der Waals surface area contributed by atoms with Gasteiger partial charge < -0.3 is 10.1 Å². The zero-order chi connectivity index (χ0) is 18.8. The second-order valence-corrected chi connectivity index (χ2v) is 7.08. The monoisotopic (exact) mass is 414 g/mol. The molecule has 3 rings (SSSR count). The minimum absolute atomic E-state index is 0.249. The Hall–Kier alpha value is -2.60. The van der Waals surface area contributed by atoms with Crippen LogP contribution in [0.25, 0.3) is 5.57 Å². The van der Waals surface area contributed by atoms with E-state index in [0.29, 0.717) is 22.6 Å². The zero-order valence-corrected chi connectivity index (χ0v) is 16.3. The van der Waals surface area contributed by atoms with Crippen molar-refractivity contribution in [2.75, 3.05) is 12.4 Å². The Morgan fingerprint density at radius 1 is 1.04 bits per heavy atom. The molecule has 0 radical (unpaired) electrons. The normalized spacial score (nSPS) is 14.4. The summed E-state index contributed by atoms with van der Waals surface area (Å²) in [5, 5.41) is 3.13. The van der Waals surface area contributed by atoms with Gasteiger partial charge in [-0.05, 0) is 38.1 Å². The number of ether oxygens (including phenoxy) is 1. The van der Waals surface area contributed by atoms with E-state index in [1.165, 1.54) is 4.90 Å². The number of benzene rings is 2. The minimum atomic E-state index is -0.342. The molecule has 0 aromatic heterocycles. The number of imide groups is 1. The predicted molar refractivity (Wildman–Crippen MR) is 105 cm³/mol. The fraction of sp³-hybridized carbons (Fsp3) is 0.200. The Morgan fingerprint density at radius 2 is 1.77 bits per heavy atom. The maximum absolute atomic E-state index is 13.0. The molecule has 0 saturated heterocycles. The molecule has 1 aliphatic heterocycles. The zero-order valence-electron chi connectivity index (χ0n) is 14.7. The van der Waals surface area contributed by atoms with E-state index in [2.05, 4.69) is 21.2 Å². The number of hydrogen-bond acceptors (Lipinski definition) is 4. The van der Waals surface area contributed by atoms with Crippen LogP contribution in [0.4, 0.5) is 5.69 Å². The third-order valence-corrected chi connectivity index (χ3v) is 4.60. The first kappa shape index (κ1) is 18.2. The summed E-state index contributed by atoms with van der Waals surface area (Å²) in [4.78, 5) is 27.3. The van der Waals surface area contributed by atoms with E-state index >= 15 is 0 Å². The van der Waals surface area contributed by atoms with Crippen LogP contribution in [0.15, 0.2) is 58.7 Å². The highest BCUT2D eigenvalue weighted by Gasteiger charge is 2.41. The minimum Gasteiger partial charge on any atom is -0.496 e. The largest absolute Gasteiger partial charge is 0.496 e. The Bertz CT molecular complexity index is 905. The number of hydrogen-bond donors (Lipinski definition) is 1. The summed E-state index contributed by atoms with van der Waals surface area (Å²) in [5.74, 6) is -0.124. The van der Waals surface area contributed by atoms with E-state index in [4.69, 9.17) is 4.74 Å². The Balaban J connectivity index is 2.16. The number of amides is 2. The van der Waals surface area contributed by atoms with Crippen LogP contribution in [0.1, 0.15) is 19.4 Å². The molecular weight excluding hydrogens is 396 g/mol. The molecule has 2 amide bonds. The van der Waals surface area contributed by atoms with Crippen LogP contribution in [0.5, 0.6) is 5.75 Å². The average molecular weight is 415 g/mol. The third kappa shape index (κ3) is 3.24. The summed E-state index contributed by atoms with van der Waals surface area (Å²) in [6, 6.07) is 14.4. The fourth-order valence-corrected chi connectivity index (χ4v) is 3.34. The van der Waals surface area contributed by atoms with Crippen molar-refractivity contribution in [2.24, 2.45) is 0 Å². The molecule has 0 bridgehead atoms. The van der Waals surface area contributed by atoms with Crippen LogP contribution < -0.4 is 10.1 Å². The van der Waals surface area contributed by atoms with Gasteiger partial charge in [-0.1, -0.05) is 40.2 Å². The lowest BCUT2D eigenvalue weighted by Gasteiger charge is -2.19. The second kappa shape index (κ2) is 7.33. The van der Waals surface area contributed by atoms with Crippen LogP contribution >= 0.6 is 15.9 Å². The number of nitrogens with one attached hydrogen (secondary N) is 1. The van der Waals surface area contributed by atoms with Crippen molar-refractivity contribution in [1.82, 2.24) is 4.90 Å². The van der Waals surface area contributed by atoms with E-state index < -0.39 is 0 Å². The van der Waals surface area contributed by atoms with Crippen LogP contribution in [-0.4, -0.2) is 29.9 Å².